The van der Waals surface area contributed by atoms with Crippen LogP contribution in [0.4, 0.5) is 9.59 Å². The van der Waals surface area contributed by atoms with Gasteiger partial charge >= 0.3 is 12.2 Å². The van der Waals surface area contributed by atoms with Crippen LogP contribution in [0.3, 0.4) is 0 Å². The minimum atomic E-state index is -0.735. The molecule has 6 nitrogen and oxygen atoms in total. The first-order valence-corrected chi connectivity index (χ1v) is 5.69. The van der Waals surface area contributed by atoms with E-state index in [1.165, 1.54) is 4.90 Å². The lowest BCUT2D eigenvalue weighted by molar-refractivity contribution is -0.0614. The zero-order valence-corrected chi connectivity index (χ0v) is 11.0. The van der Waals surface area contributed by atoms with Gasteiger partial charge < -0.3 is 14.4 Å². The molecule has 0 N–H and O–H groups in total. The highest BCUT2D eigenvalue weighted by Crippen LogP contribution is 2.20. The minimum Gasteiger partial charge on any atom is -0.432 e. The lowest BCUT2D eigenvalue weighted by Gasteiger charge is -2.40. The summed E-state index contributed by atoms with van der Waals surface area (Å²) in [5.74, 6) is 0. The molecule has 0 aromatic carbocycles. The summed E-state index contributed by atoms with van der Waals surface area (Å²) in [4.78, 5) is 26.2. The summed E-state index contributed by atoms with van der Waals surface area (Å²) in [6.45, 7) is 5.40. The average molecular weight is 244 g/mol. The summed E-state index contributed by atoms with van der Waals surface area (Å²) in [5.41, 5.74) is 0. The van der Waals surface area contributed by atoms with Gasteiger partial charge in [-0.1, -0.05) is 0 Å². The molecule has 0 aromatic rings. The Bertz CT molecular complexity index is 306. The van der Waals surface area contributed by atoms with E-state index in [2.05, 4.69) is 0 Å². The lowest BCUT2D eigenvalue weighted by Crippen LogP contribution is -2.56. The van der Waals surface area contributed by atoms with Crippen molar-refractivity contribution in [1.82, 2.24) is 9.80 Å². The van der Waals surface area contributed by atoms with Crippen molar-refractivity contribution in [3.63, 3.8) is 0 Å². The Morgan fingerprint density at radius 2 is 1.94 bits per heavy atom. The van der Waals surface area contributed by atoms with E-state index in [4.69, 9.17) is 9.47 Å². The van der Waals surface area contributed by atoms with Crippen LogP contribution < -0.4 is 0 Å². The van der Waals surface area contributed by atoms with Gasteiger partial charge in [-0.05, 0) is 20.8 Å². The number of nitrogens with zero attached hydrogens (tertiary/aromatic N) is 2. The van der Waals surface area contributed by atoms with Gasteiger partial charge in [0.2, 0.25) is 0 Å². The summed E-state index contributed by atoms with van der Waals surface area (Å²) >= 11 is 0. The molecule has 2 atom stereocenters. The van der Waals surface area contributed by atoms with Crippen molar-refractivity contribution >= 4 is 12.2 Å². The third kappa shape index (κ3) is 3.25. The normalized spacial score (nSPS) is 25.2. The van der Waals surface area contributed by atoms with Gasteiger partial charge in [-0.15, -0.1) is 0 Å². The molecule has 1 rings (SSSR count). The van der Waals surface area contributed by atoms with Crippen LogP contribution in [0.25, 0.3) is 0 Å². The van der Waals surface area contributed by atoms with Gasteiger partial charge in [-0.3, -0.25) is 4.90 Å². The molecule has 1 fully saturated rings. The number of amides is 2. The predicted octanol–water partition coefficient (Wildman–Crippen LogP) is 1.65. The Morgan fingerprint density at radius 3 is 2.47 bits per heavy atom. The van der Waals surface area contributed by atoms with E-state index in [0.29, 0.717) is 6.42 Å². The number of urea groups is 1. The van der Waals surface area contributed by atoms with E-state index in [1.807, 2.05) is 6.92 Å². The van der Waals surface area contributed by atoms with Crippen molar-refractivity contribution < 1.29 is 19.1 Å². The number of rotatable bonds is 2. The standard InChI is InChI=1S/C11H20N2O4/c1-7(2)16-11(15)17-9-6-8(3)12(4)10(14)13(9)5/h7-9H,6H2,1-5H3. The van der Waals surface area contributed by atoms with Crippen LogP contribution in [0.15, 0.2) is 0 Å². The van der Waals surface area contributed by atoms with Crippen LogP contribution >= 0.6 is 0 Å². The fourth-order valence-electron chi connectivity index (χ4n) is 1.63. The SMILES string of the molecule is CC(C)OC(=O)OC1CC(C)N(C)C(=O)N1C. The van der Waals surface area contributed by atoms with Crippen LogP contribution in [-0.2, 0) is 9.47 Å². The van der Waals surface area contributed by atoms with Crippen LogP contribution in [0.1, 0.15) is 27.2 Å². The third-order valence-corrected chi connectivity index (χ3v) is 2.80. The van der Waals surface area contributed by atoms with E-state index < -0.39 is 12.4 Å². The molecule has 1 aliphatic rings. The van der Waals surface area contributed by atoms with Crippen molar-refractivity contribution in [3.05, 3.63) is 0 Å². The minimum absolute atomic E-state index is 0.0375. The predicted molar refractivity (Wildman–Crippen MR) is 61.5 cm³/mol. The van der Waals surface area contributed by atoms with Crippen molar-refractivity contribution in [2.75, 3.05) is 14.1 Å². The average Bonchev–Trinajstić information content (AvgIpc) is 2.21. The van der Waals surface area contributed by atoms with Gasteiger partial charge in [0.15, 0.2) is 6.23 Å². The van der Waals surface area contributed by atoms with Gasteiger partial charge in [0.1, 0.15) is 0 Å². The quantitative estimate of drug-likeness (QED) is 0.693. The monoisotopic (exact) mass is 244 g/mol. The highest BCUT2D eigenvalue weighted by atomic mass is 16.7. The number of ether oxygens (including phenoxy) is 2. The molecule has 2 unspecified atom stereocenters. The van der Waals surface area contributed by atoms with Crippen molar-refractivity contribution in [2.24, 2.45) is 0 Å². The van der Waals surface area contributed by atoms with Crippen molar-refractivity contribution in [1.29, 1.82) is 0 Å². The molecule has 0 saturated carbocycles. The topological polar surface area (TPSA) is 59.1 Å². The second-order valence-electron chi connectivity index (χ2n) is 4.58. The first-order valence-electron chi connectivity index (χ1n) is 5.69. The molecule has 0 radical (unpaired) electrons. The Kier molecular flexibility index (Phi) is 4.20. The summed E-state index contributed by atoms with van der Waals surface area (Å²) in [5, 5.41) is 0. The number of carbonyl (C=O) groups excluding carboxylic acids is 2. The van der Waals surface area contributed by atoms with E-state index in [-0.39, 0.29) is 18.2 Å². The van der Waals surface area contributed by atoms with Crippen LogP contribution in [-0.4, -0.2) is 54.5 Å². The number of hydrogen-bond donors (Lipinski definition) is 0. The van der Waals surface area contributed by atoms with Gasteiger partial charge in [0.05, 0.1) is 6.10 Å². The van der Waals surface area contributed by atoms with Crippen molar-refractivity contribution in [2.45, 2.75) is 45.6 Å². The highest BCUT2D eigenvalue weighted by Gasteiger charge is 2.35. The maximum absolute atomic E-state index is 11.8. The largest absolute Gasteiger partial charge is 0.510 e. The summed E-state index contributed by atoms with van der Waals surface area (Å²) in [6, 6.07) is -0.123. The Morgan fingerprint density at radius 1 is 1.35 bits per heavy atom. The molecule has 0 aromatic heterocycles. The lowest BCUT2D eigenvalue weighted by atomic mass is 10.1. The van der Waals surface area contributed by atoms with E-state index in [9.17, 15) is 9.59 Å². The summed E-state index contributed by atoms with van der Waals surface area (Å²) in [6.07, 6.45) is -0.945. The van der Waals surface area contributed by atoms with Gasteiger partial charge in [0.25, 0.3) is 0 Å². The molecule has 1 aliphatic heterocycles. The van der Waals surface area contributed by atoms with Crippen LogP contribution in [0.2, 0.25) is 0 Å². The Hall–Kier alpha value is -1.46. The molecule has 2 amide bonds. The summed E-state index contributed by atoms with van der Waals surface area (Å²) < 4.78 is 10.0. The first kappa shape index (κ1) is 13.6. The highest BCUT2D eigenvalue weighted by molar-refractivity contribution is 5.75. The number of hydrogen-bond acceptors (Lipinski definition) is 4. The van der Waals surface area contributed by atoms with Gasteiger partial charge in [-0.25, -0.2) is 9.59 Å². The zero-order valence-electron chi connectivity index (χ0n) is 11.0. The van der Waals surface area contributed by atoms with Gasteiger partial charge in [0, 0.05) is 26.6 Å². The smallest absolute Gasteiger partial charge is 0.432 e. The Labute approximate surface area is 101 Å². The molecule has 98 valence electrons. The maximum Gasteiger partial charge on any atom is 0.510 e. The molecule has 0 aliphatic carbocycles. The third-order valence-electron chi connectivity index (χ3n) is 2.80. The van der Waals surface area contributed by atoms with Crippen LogP contribution in [0, 0.1) is 0 Å². The molecule has 1 heterocycles. The second kappa shape index (κ2) is 5.25. The Balaban J connectivity index is 2.59. The molecule has 0 spiro atoms. The molecular formula is C11H20N2O4. The van der Waals surface area contributed by atoms with Crippen molar-refractivity contribution in [3.8, 4) is 0 Å². The zero-order chi connectivity index (χ0) is 13.2. The fraction of sp³-hybridized carbons (Fsp3) is 0.818. The second-order valence-corrected chi connectivity index (χ2v) is 4.58. The van der Waals surface area contributed by atoms with E-state index in [0.717, 1.165) is 0 Å². The van der Waals surface area contributed by atoms with E-state index in [1.54, 1.807) is 32.8 Å². The molecular weight excluding hydrogens is 224 g/mol. The first-order chi connectivity index (χ1) is 7.82. The molecule has 6 heteroatoms. The maximum atomic E-state index is 11.8. The molecule has 0 bridgehead atoms. The fourth-order valence-corrected chi connectivity index (χ4v) is 1.63. The van der Waals surface area contributed by atoms with Gasteiger partial charge in [-0.2, -0.15) is 0 Å². The van der Waals surface area contributed by atoms with Crippen LogP contribution in [0.5, 0.6) is 0 Å². The molecule has 17 heavy (non-hydrogen) atoms. The van der Waals surface area contributed by atoms with E-state index >= 15 is 0 Å². The molecule has 1 saturated heterocycles. The summed E-state index contributed by atoms with van der Waals surface area (Å²) in [7, 11) is 3.34. The number of carbonyl (C=O) groups is 2.